The highest BCUT2D eigenvalue weighted by molar-refractivity contribution is 9.07. The molecule has 0 aliphatic carbocycles. The summed E-state index contributed by atoms with van der Waals surface area (Å²) in [4.78, 5) is 10.1. The number of hydrogen-bond donors (Lipinski definition) is 0. The van der Waals surface area contributed by atoms with Crippen molar-refractivity contribution in [2.45, 2.75) is 18.9 Å². The van der Waals surface area contributed by atoms with E-state index >= 15 is 0 Å². The zero-order valence-corrected chi connectivity index (χ0v) is 6.10. The summed E-state index contributed by atoms with van der Waals surface area (Å²) in [6.45, 7) is 1.00. The standard InChI is InChI=1S/C5H8BrNO/c6-7-3-1-2-5(7)4-8/h4-5H,1-3H2/t5-/m0/s1. The summed E-state index contributed by atoms with van der Waals surface area (Å²) >= 11 is 3.27. The maximum atomic E-state index is 10.1. The van der Waals surface area contributed by atoms with E-state index in [1.807, 2.05) is 3.93 Å². The van der Waals surface area contributed by atoms with Crippen molar-refractivity contribution in [3.05, 3.63) is 0 Å². The van der Waals surface area contributed by atoms with E-state index in [4.69, 9.17) is 0 Å². The molecule has 0 unspecified atom stereocenters. The number of halogens is 1. The van der Waals surface area contributed by atoms with Crippen molar-refractivity contribution < 1.29 is 4.79 Å². The molecule has 1 aliphatic rings. The molecule has 0 spiro atoms. The van der Waals surface area contributed by atoms with Crippen LogP contribution in [0.15, 0.2) is 0 Å². The van der Waals surface area contributed by atoms with Crippen molar-refractivity contribution in [1.29, 1.82) is 0 Å². The Kier molecular flexibility index (Phi) is 2.02. The fraction of sp³-hybridized carbons (Fsp3) is 0.800. The molecule has 0 bridgehead atoms. The maximum absolute atomic E-state index is 10.1. The molecule has 1 fully saturated rings. The molecule has 0 aromatic heterocycles. The van der Waals surface area contributed by atoms with Gasteiger partial charge in [0, 0.05) is 22.7 Å². The average molecular weight is 178 g/mol. The Bertz CT molecular complexity index is 96.4. The first-order valence-electron chi connectivity index (χ1n) is 2.72. The van der Waals surface area contributed by atoms with Crippen LogP contribution in [0.25, 0.3) is 0 Å². The lowest BCUT2D eigenvalue weighted by atomic mass is 10.2. The van der Waals surface area contributed by atoms with E-state index in [9.17, 15) is 4.79 Å². The molecule has 1 heterocycles. The summed E-state index contributed by atoms with van der Waals surface area (Å²) in [6, 6.07) is 0.134. The predicted octanol–water partition coefficient (Wildman–Crippen LogP) is 0.960. The second kappa shape index (κ2) is 2.60. The Morgan fingerprint density at radius 1 is 1.75 bits per heavy atom. The fourth-order valence-electron chi connectivity index (χ4n) is 0.891. The van der Waals surface area contributed by atoms with Crippen LogP contribution in [-0.2, 0) is 4.79 Å². The van der Waals surface area contributed by atoms with Crippen molar-refractivity contribution in [1.82, 2.24) is 3.93 Å². The van der Waals surface area contributed by atoms with Gasteiger partial charge in [0.1, 0.15) is 6.29 Å². The summed E-state index contributed by atoms with van der Waals surface area (Å²) in [7, 11) is 0. The van der Waals surface area contributed by atoms with E-state index in [1.165, 1.54) is 0 Å². The lowest BCUT2D eigenvalue weighted by molar-refractivity contribution is -0.110. The van der Waals surface area contributed by atoms with E-state index in [-0.39, 0.29) is 6.04 Å². The van der Waals surface area contributed by atoms with Gasteiger partial charge in [-0.3, -0.25) is 0 Å². The summed E-state index contributed by atoms with van der Waals surface area (Å²) in [5.74, 6) is 0. The van der Waals surface area contributed by atoms with Gasteiger partial charge in [0.2, 0.25) is 0 Å². The second-order valence-corrected chi connectivity index (χ2v) is 2.88. The van der Waals surface area contributed by atoms with E-state index in [1.54, 1.807) is 0 Å². The topological polar surface area (TPSA) is 20.3 Å². The van der Waals surface area contributed by atoms with E-state index in [0.29, 0.717) is 0 Å². The Morgan fingerprint density at radius 3 is 2.75 bits per heavy atom. The second-order valence-electron chi connectivity index (χ2n) is 1.97. The van der Waals surface area contributed by atoms with E-state index in [2.05, 4.69) is 16.1 Å². The predicted molar refractivity (Wildman–Crippen MR) is 34.7 cm³/mol. The van der Waals surface area contributed by atoms with Gasteiger partial charge < -0.3 is 4.79 Å². The minimum atomic E-state index is 0.134. The van der Waals surface area contributed by atoms with Crippen LogP contribution in [0.5, 0.6) is 0 Å². The Balaban J connectivity index is 2.41. The highest BCUT2D eigenvalue weighted by Gasteiger charge is 2.20. The SMILES string of the molecule is O=C[C@@H]1CCCN1Br. The van der Waals surface area contributed by atoms with Crippen molar-refractivity contribution in [2.75, 3.05) is 6.54 Å². The molecule has 1 saturated heterocycles. The lowest BCUT2D eigenvalue weighted by Crippen LogP contribution is -2.19. The van der Waals surface area contributed by atoms with Crippen LogP contribution in [0.4, 0.5) is 0 Å². The van der Waals surface area contributed by atoms with Gasteiger partial charge in [0.05, 0.1) is 6.04 Å². The molecule has 2 nitrogen and oxygen atoms in total. The minimum Gasteiger partial charge on any atom is -0.302 e. The van der Waals surface area contributed by atoms with Crippen molar-refractivity contribution in [3.63, 3.8) is 0 Å². The largest absolute Gasteiger partial charge is 0.302 e. The summed E-state index contributed by atoms with van der Waals surface area (Å²) < 4.78 is 1.90. The molecule has 0 aromatic rings. The van der Waals surface area contributed by atoms with Gasteiger partial charge in [-0.15, -0.1) is 0 Å². The van der Waals surface area contributed by atoms with Crippen LogP contribution in [0.3, 0.4) is 0 Å². The van der Waals surface area contributed by atoms with Crippen LogP contribution in [-0.4, -0.2) is 22.8 Å². The zero-order chi connectivity index (χ0) is 5.98. The van der Waals surface area contributed by atoms with Gasteiger partial charge in [-0.2, -0.15) is 0 Å². The minimum absolute atomic E-state index is 0.134. The van der Waals surface area contributed by atoms with Gasteiger partial charge in [0.15, 0.2) is 0 Å². The molecular weight excluding hydrogens is 170 g/mol. The highest BCUT2D eigenvalue weighted by atomic mass is 79.9. The van der Waals surface area contributed by atoms with Crippen LogP contribution >= 0.6 is 16.1 Å². The van der Waals surface area contributed by atoms with E-state index in [0.717, 1.165) is 25.7 Å². The monoisotopic (exact) mass is 177 g/mol. The quantitative estimate of drug-likeness (QED) is 0.440. The first-order valence-corrected chi connectivity index (χ1v) is 3.43. The maximum Gasteiger partial charge on any atom is 0.138 e. The molecule has 0 saturated carbocycles. The molecular formula is C5H8BrNO. The van der Waals surface area contributed by atoms with Gasteiger partial charge in [-0.25, -0.2) is 3.93 Å². The summed E-state index contributed by atoms with van der Waals surface area (Å²) in [6.07, 6.45) is 3.13. The summed E-state index contributed by atoms with van der Waals surface area (Å²) in [5, 5.41) is 0. The third-order valence-electron chi connectivity index (χ3n) is 1.39. The zero-order valence-electron chi connectivity index (χ0n) is 4.51. The Hall–Kier alpha value is 0.110. The van der Waals surface area contributed by atoms with Crippen molar-refractivity contribution in [2.24, 2.45) is 0 Å². The van der Waals surface area contributed by atoms with Gasteiger partial charge in [0.25, 0.3) is 0 Å². The molecule has 0 N–H and O–H groups in total. The third kappa shape index (κ3) is 1.09. The number of rotatable bonds is 1. The summed E-state index contributed by atoms with van der Waals surface area (Å²) in [5.41, 5.74) is 0. The average Bonchev–Trinajstić information content (AvgIpc) is 2.14. The molecule has 0 radical (unpaired) electrons. The first kappa shape index (κ1) is 6.23. The lowest BCUT2D eigenvalue weighted by Gasteiger charge is -2.07. The van der Waals surface area contributed by atoms with Crippen LogP contribution in [0.1, 0.15) is 12.8 Å². The normalized spacial score (nSPS) is 30.9. The van der Waals surface area contributed by atoms with Crippen LogP contribution in [0.2, 0.25) is 0 Å². The smallest absolute Gasteiger partial charge is 0.138 e. The molecule has 1 aliphatic heterocycles. The van der Waals surface area contributed by atoms with E-state index < -0.39 is 0 Å². The molecule has 0 amide bonds. The Morgan fingerprint density at radius 2 is 2.50 bits per heavy atom. The number of nitrogens with zero attached hydrogens (tertiary/aromatic N) is 1. The molecule has 3 heteroatoms. The first-order chi connectivity index (χ1) is 3.84. The van der Waals surface area contributed by atoms with Crippen molar-refractivity contribution >= 4 is 22.4 Å². The molecule has 46 valence electrons. The molecule has 8 heavy (non-hydrogen) atoms. The van der Waals surface area contributed by atoms with Crippen molar-refractivity contribution in [3.8, 4) is 0 Å². The number of aldehydes is 1. The highest BCUT2D eigenvalue weighted by Crippen LogP contribution is 2.18. The van der Waals surface area contributed by atoms with Gasteiger partial charge in [-0.1, -0.05) is 0 Å². The number of carbonyl (C=O) groups excluding carboxylic acids is 1. The third-order valence-corrected chi connectivity index (χ3v) is 2.27. The van der Waals surface area contributed by atoms with Gasteiger partial charge >= 0.3 is 0 Å². The molecule has 1 atom stereocenters. The number of carbonyl (C=O) groups is 1. The molecule has 0 aromatic carbocycles. The van der Waals surface area contributed by atoms with Gasteiger partial charge in [-0.05, 0) is 12.8 Å². The molecule has 1 rings (SSSR count). The van der Waals surface area contributed by atoms with Crippen LogP contribution in [0, 0.1) is 0 Å². The number of hydrogen-bond acceptors (Lipinski definition) is 2. The van der Waals surface area contributed by atoms with Crippen LogP contribution < -0.4 is 0 Å². The Labute approximate surface area is 57.2 Å². The fourth-order valence-corrected chi connectivity index (χ4v) is 1.44.